The van der Waals surface area contributed by atoms with Gasteiger partial charge in [0.25, 0.3) is 0 Å². The first-order chi connectivity index (χ1) is 9.44. The summed E-state index contributed by atoms with van der Waals surface area (Å²) in [4.78, 5) is 14.0. The number of rotatable bonds is 3. The molecule has 6 heteroatoms. The van der Waals surface area contributed by atoms with Crippen LogP contribution >= 0.6 is 0 Å². The van der Waals surface area contributed by atoms with Gasteiger partial charge >= 0.3 is 0 Å². The summed E-state index contributed by atoms with van der Waals surface area (Å²) in [6, 6.07) is 0.314. The van der Waals surface area contributed by atoms with Crippen LogP contribution in [0.2, 0.25) is 0 Å². The summed E-state index contributed by atoms with van der Waals surface area (Å²) in [7, 11) is -2.89. The number of hydrogen-bond acceptors (Lipinski definition) is 4. The van der Waals surface area contributed by atoms with Crippen LogP contribution in [-0.2, 0) is 14.6 Å². The molecule has 0 aromatic carbocycles. The van der Waals surface area contributed by atoms with E-state index >= 15 is 0 Å². The average Bonchev–Trinajstić information content (AvgIpc) is 2.54. The molecule has 0 radical (unpaired) electrons. The third-order valence-corrected chi connectivity index (χ3v) is 6.11. The van der Waals surface area contributed by atoms with E-state index in [1.807, 2.05) is 4.90 Å². The molecule has 20 heavy (non-hydrogen) atoms. The van der Waals surface area contributed by atoms with Crippen LogP contribution in [0.4, 0.5) is 0 Å². The van der Waals surface area contributed by atoms with Crippen LogP contribution in [0.15, 0.2) is 0 Å². The number of nitrogens with zero attached hydrogens (tertiary/aromatic N) is 1. The van der Waals surface area contributed by atoms with Crippen LogP contribution in [0.25, 0.3) is 0 Å². The predicted molar refractivity (Wildman–Crippen MR) is 79.3 cm³/mol. The Bertz CT molecular complexity index is 428. The molecule has 0 aromatic heterocycles. The van der Waals surface area contributed by atoms with Gasteiger partial charge in [0.1, 0.15) is 0 Å². The first-order valence-corrected chi connectivity index (χ1v) is 9.49. The molecule has 0 unspecified atom stereocenters. The average molecular weight is 302 g/mol. The third kappa shape index (κ3) is 5.05. The molecule has 1 saturated carbocycles. The van der Waals surface area contributed by atoms with E-state index in [0.717, 1.165) is 18.8 Å². The monoisotopic (exact) mass is 302 g/mol. The molecule has 1 aliphatic carbocycles. The lowest BCUT2D eigenvalue weighted by Crippen LogP contribution is -2.44. The van der Waals surface area contributed by atoms with Crippen LogP contribution < -0.4 is 5.32 Å². The van der Waals surface area contributed by atoms with Gasteiger partial charge < -0.3 is 5.32 Å². The maximum absolute atomic E-state index is 12.0. The van der Waals surface area contributed by atoms with Crippen LogP contribution in [0.3, 0.4) is 0 Å². The highest BCUT2D eigenvalue weighted by Crippen LogP contribution is 2.23. The second-order valence-corrected chi connectivity index (χ2v) is 8.61. The molecule has 1 amide bonds. The Labute approximate surface area is 122 Å². The normalized spacial score (nSPS) is 31.4. The van der Waals surface area contributed by atoms with Crippen molar-refractivity contribution in [1.29, 1.82) is 0 Å². The van der Waals surface area contributed by atoms with Gasteiger partial charge in [0.15, 0.2) is 9.84 Å². The zero-order valence-electron chi connectivity index (χ0n) is 12.3. The van der Waals surface area contributed by atoms with Gasteiger partial charge in [0.05, 0.1) is 18.1 Å². The molecule has 1 N–H and O–H groups in total. The van der Waals surface area contributed by atoms with Crippen molar-refractivity contribution in [2.24, 2.45) is 5.92 Å². The van der Waals surface area contributed by atoms with Gasteiger partial charge in [-0.25, -0.2) is 8.42 Å². The fraction of sp³-hybridized carbons (Fsp3) is 0.929. The Morgan fingerprint density at radius 2 is 1.85 bits per heavy atom. The van der Waals surface area contributed by atoms with Gasteiger partial charge in [-0.2, -0.15) is 0 Å². The fourth-order valence-corrected chi connectivity index (χ4v) is 4.34. The van der Waals surface area contributed by atoms with Crippen LogP contribution in [-0.4, -0.2) is 56.4 Å². The van der Waals surface area contributed by atoms with Crippen LogP contribution in [0, 0.1) is 5.92 Å². The van der Waals surface area contributed by atoms with Gasteiger partial charge in [-0.3, -0.25) is 9.69 Å². The summed E-state index contributed by atoms with van der Waals surface area (Å²) < 4.78 is 23.0. The van der Waals surface area contributed by atoms with E-state index in [4.69, 9.17) is 0 Å². The smallest absolute Gasteiger partial charge is 0.234 e. The van der Waals surface area contributed by atoms with E-state index in [1.54, 1.807) is 0 Å². The lowest BCUT2D eigenvalue weighted by molar-refractivity contribution is -0.123. The van der Waals surface area contributed by atoms with Crippen LogP contribution in [0.5, 0.6) is 0 Å². The van der Waals surface area contributed by atoms with E-state index in [9.17, 15) is 13.2 Å². The number of carbonyl (C=O) groups is 1. The van der Waals surface area contributed by atoms with Crippen molar-refractivity contribution in [2.45, 2.75) is 45.1 Å². The largest absolute Gasteiger partial charge is 0.352 e. The third-order valence-electron chi connectivity index (χ3n) is 4.40. The minimum Gasteiger partial charge on any atom is -0.352 e. The molecule has 1 saturated heterocycles. The Kier molecular flexibility index (Phi) is 5.43. The zero-order valence-corrected chi connectivity index (χ0v) is 13.1. The van der Waals surface area contributed by atoms with E-state index in [1.165, 1.54) is 12.8 Å². The van der Waals surface area contributed by atoms with E-state index in [0.29, 0.717) is 32.1 Å². The second kappa shape index (κ2) is 6.89. The summed E-state index contributed by atoms with van der Waals surface area (Å²) in [6.07, 6.45) is 5.15. The maximum atomic E-state index is 12.0. The first kappa shape index (κ1) is 15.8. The molecule has 0 bridgehead atoms. The minimum atomic E-state index is -2.89. The van der Waals surface area contributed by atoms with Crippen molar-refractivity contribution < 1.29 is 13.2 Å². The van der Waals surface area contributed by atoms with Crippen molar-refractivity contribution in [1.82, 2.24) is 10.2 Å². The van der Waals surface area contributed by atoms with Gasteiger partial charge in [0, 0.05) is 12.6 Å². The quantitative estimate of drug-likeness (QED) is 0.837. The minimum absolute atomic E-state index is 0.0452. The summed E-state index contributed by atoms with van der Waals surface area (Å²) in [6.45, 7) is 3.78. The molecule has 1 aliphatic heterocycles. The van der Waals surface area contributed by atoms with E-state index in [-0.39, 0.29) is 17.4 Å². The number of amides is 1. The zero-order chi connectivity index (χ0) is 14.6. The van der Waals surface area contributed by atoms with Crippen molar-refractivity contribution >= 4 is 15.7 Å². The van der Waals surface area contributed by atoms with Crippen molar-refractivity contribution in [2.75, 3.05) is 31.1 Å². The van der Waals surface area contributed by atoms with Crippen molar-refractivity contribution in [3.63, 3.8) is 0 Å². The molecule has 0 atom stereocenters. The van der Waals surface area contributed by atoms with Crippen molar-refractivity contribution in [3.8, 4) is 0 Å². The van der Waals surface area contributed by atoms with Gasteiger partial charge in [-0.15, -0.1) is 0 Å². The number of nitrogens with one attached hydrogen (secondary N) is 1. The maximum Gasteiger partial charge on any atom is 0.234 e. The lowest BCUT2D eigenvalue weighted by atomic mass is 9.87. The highest BCUT2D eigenvalue weighted by Gasteiger charge is 2.23. The van der Waals surface area contributed by atoms with E-state index < -0.39 is 9.84 Å². The second-order valence-electron chi connectivity index (χ2n) is 6.31. The van der Waals surface area contributed by atoms with Gasteiger partial charge in [-0.05, 0) is 44.6 Å². The Morgan fingerprint density at radius 3 is 2.55 bits per heavy atom. The summed E-state index contributed by atoms with van der Waals surface area (Å²) in [5.74, 6) is 1.26. The highest BCUT2D eigenvalue weighted by molar-refractivity contribution is 7.91. The van der Waals surface area contributed by atoms with Crippen LogP contribution in [0.1, 0.15) is 39.0 Å². The van der Waals surface area contributed by atoms with Gasteiger partial charge in [0.2, 0.25) is 5.91 Å². The predicted octanol–water partition coefficient (Wildman–Crippen LogP) is 0.802. The number of sulfone groups is 1. The van der Waals surface area contributed by atoms with E-state index in [2.05, 4.69) is 12.2 Å². The van der Waals surface area contributed by atoms with Crippen molar-refractivity contribution in [3.05, 3.63) is 0 Å². The molecule has 1 heterocycles. The Balaban J connectivity index is 1.74. The highest BCUT2D eigenvalue weighted by atomic mass is 32.2. The molecule has 5 nitrogen and oxygen atoms in total. The number of carbonyl (C=O) groups excluding carboxylic acids is 1. The molecule has 0 aromatic rings. The molecule has 2 rings (SSSR count). The molecule has 116 valence electrons. The molecular weight excluding hydrogens is 276 g/mol. The van der Waals surface area contributed by atoms with Gasteiger partial charge in [-0.1, -0.05) is 6.92 Å². The standard InChI is InChI=1S/C14H26N2O3S/c1-12-3-5-13(6-4-12)15-14(17)11-16-7-2-9-20(18,19)10-8-16/h12-13H,2-11H2,1H3,(H,15,17). The summed E-state index contributed by atoms with van der Waals surface area (Å²) in [5.41, 5.74) is 0. The molecular formula is C14H26N2O3S. The topological polar surface area (TPSA) is 66.5 Å². The lowest BCUT2D eigenvalue weighted by Gasteiger charge is -2.28. The molecule has 0 spiro atoms. The SMILES string of the molecule is CC1CCC(NC(=O)CN2CCCS(=O)(=O)CC2)CC1. The molecule has 2 fully saturated rings. The Hall–Kier alpha value is -0.620. The first-order valence-electron chi connectivity index (χ1n) is 7.67. The number of hydrogen-bond donors (Lipinski definition) is 1. The summed E-state index contributed by atoms with van der Waals surface area (Å²) in [5, 5.41) is 3.10. The summed E-state index contributed by atoms with van der Waals surface area (Å²) >= 11 is 0. The molecule has 2 aliphatic rings. The Morgan fingerprint density at radius 1 is 1.15 bits per heavy atom. The fourth-order valence-electron chi connectivity index (χ4n) is 3.03.